The number of nitrogens with zero attached hydrogens (tertiary/aromatic N) is 2. The number of rotatable bonds is 3. The predicted molar refractivity (Wildman–Crippen MR) is 45.6 cm³/mol. The maximum atomic E-state index is 10.5. The minimum absolute atomic E-state index is 0.617. The highest BCUT2D eigenvalue weighted by Gasteiger charge is 2.05. The first-order valence-corrected chi connectivity index (χ1v) is 4.25. The van der Waals surface area contributed by atoms with Crippen molar-refractivity contribution in [3.8, 4) is 0 Å². The summed E-state index contributed by atoms with van der Waals surface area (Å²) in [5.74, 6) is 0. The summed E-state index contributed by atoms with van der Waals surface area (Å²) in [5, 5.41) is 4.01. The van der Waals surface area contributed by atoms with Gasteiger partial charge in [-0.05, 0) is 22.4 Å². The number of aldehydes is 1. The molecule has 0 radical (unpaired) electrons. The van der Waals surface area contributed by atoms with Crippen LogP contribution < -0.4 is 0 Å². The number of hydrogen-bond acceptors (Lipinski definition) is 2. The van der Waals surface area contributed by atoms with Crippen molar-refractivity contribution in [2.24, 2.45) is 0 Å². The molecule has 0 spiro atoms. The highest BCUT2D eigenvalue weighted by Crippen LogP contribution is 2.13. The highest BCUT2D eigenvalue weighted by molar-refractivity contribution is 9.10. The second-order valence-electron chi connectivity index (χ2n) is 2.22. The van der Waals surface area contributed by atoms with E-state index in [1.54, 1.807) is 10.9 Å². The largest absolute Gasteiger partial charge is 0.296 e. The first-order valence-electron chi connectivity index (χ1n) is 3.46. The average molecular weight is 217 g/mol. The molecule has 0 atom stereocenters. The van der Waals surface area contributed by atoms with Crippen molar-refractivity contribution in [1.82, 2.24) is 9.78 Å². The summed E-state index contributed by atoms with van der Waals surface area (Å²) in [5.41, 5.74) is 0.617. The number of hydrogen-bond donors (Lipinski definition) is 0. The van der Waals surface area contributed by atoms with Crippen LogP contribution in [0.25, 0.3) is 0 Å². The van der Waals surface area contributed by atoms with Gasteiger partial charge in [-0.1, -0.05) is 6.92 Å². The molecular weight excluding hydrogens is 208 g/mol. The lowest BCUT2D eigenvalue weighted by atomic mass is 10.4. The van der Waals surface area contributed by atoms with Gasteiger partial charge in [-0.2, -0.15) is 5.10 Å². The molecule has 1 aromatic heterocycles. The van der Waals surface area contributed by atoms with Gasteiger partial charge in [0.1, 0.15) is 5.69 Å². The van der Waals surface area contributed by atoms with Crippen molar-refractivity contribution in [3.63, 3.8) is 0 Å². The zero-order valence-corrected chi connectivity index (χ0v) is 7.84. The molecule has 60 valence electrons. The molecule has 0 amide bonds. The van der Waals surface area contributed by atoms with Gasteiger partial charge < -0.3 is 0 Å². The summed E-state index contributed by atoms with van der Waals surface area (Å²) in [6.07, 6.45) is 3.43. The normalized spacial score (nSPS) is 10.0. The Kier molecular flexibility index (Phi) is 2.82. The van der Waals surface area contributed by atoms with Crippen molar-refractivity contribution in [2.75, 3.05) is 0 Å². The van der Waals surface area contributed by atoms with Gasteiger partial charge in [0.25, 0.3) is 0 Å². The molecule has 1 aromatic rings. The Morgan fingerprint density at radius 1 is 1.82 bits per heavy atom. The van der Waals surface area contributed by atoms with E-state index in [1.807, 2.05) is 6.92 Å². The molecule has 0 aliphatic heterocycles. The maximum absolute atomic E-state index is 10.5. The van der Waals surface area contributed by atoms with Gasteiger partial charge in [0.15, 0.2) is 6.29 Å². The van der Waals surface area contributed by atoms with Gasteiger partial charge in [0.05, 0.1) is 10.7 Å². The van der Waals surface area contributed by atoms with Gasteiger partial charge in [-0.15, -0.1) is 0 Å². The standard InChI is InChI=1S/C7H9BrN2O/c1-2-3-10-7(5-11)6(8)4-9-10/h4-5H,2-3H2,1H3. The Hall–Kier alpha value is -0.640. The van der Waals surface area contributed by atoms with Crippen molar-refractivity contribution in [1.29, 1.82) is 0 Å². The van der Waals surface area contributed by atoms with Crippen molar-refractivity contribution in [2.45, 2.75) is 19.9 Å². The van der Waals surface area contributed by atoms with Crippen LogP contribution in [0.4, 0.5) is 0 Å². The molecule has 1 heterocycles. The van der Waals surface area contributed by atoms with Crippen LogP contribution in [0.2, 0.25) is 0 Å². The second kappa shape index (κ2) is 3.67. The van der Waals surface area contributed by atoms with Gasteiger partial charge in [-0.3, -0.25) is 9.48 Å². The van der Waals surface area contributed by atoms with Crippen LogP contribution in [0.3, 0.4) is 0 Å². The number of aromatic nitrogens is 2. The number of carbonyl (C=O) groups is 1. The van der Waals surface area contributed by atoms with Crippen molar-refractivity contribution < 1.29 is 4.79 Å². The van der Waals surface area contributed by atoms with E-state index < -0.39 is 0 Å². The number of aryl methyl sites for hydroxylation is 1. The Morgan fingerprint density at radius 3 is 3.09 bits per heavy atom. The van der Waals surface area contributed by atoms with Gasteiger partial charge in [-0.25, -0.2) is 0 Å². The summed E-state index contributed by atoms with van der Waals surface area (Å²) >= 11 is 3.23. The molecule has 0 unspecified atom stereocenters. The summed E-state index contributed by atoms with van der Waals surface area (Å²) in [6.45, 7) is 2.84. The van der Waals surface area contributed by atoms with E-state index in [-0.39, 0.29) is 0 Å². The molecule has 0 bridgehead atoms. The molecule has 0 aliphatic carbocycles. The van der Waals surface area contributed by atoms with Gasteiger partial charge in [0, 0.05) is 6.54 Å². The van der Waals surface area contributed by atoms with Gasteiger partial charge in [0.2, 0.25) is 0 Å². The molecule has 0 saturated carbocycles. The van der Waals surface area contributed by atoms with Crippen LogP contribution in [0.1, 0.15) is 23.8 Å². The molecule has 0 N–H and O–H groups in total. The van der Waals surface area contributed by atoms with E-state index in [1.165, 1.54) is 0 Å². The molecule has 0 aromatic carbocycles. The Labute approximate surface area is 73.5 Å². The molecular formula is C7H9BrN2O. The van der Waals surface area contributed by atoms with Crippen LogP contribution >= 0.6 is 15.9 Å². The third-order valence-electron chi connectivity index (χ3n) is 1.38. The van der Waals surface area contributed by atoms with Crippen LogP contribution in [-0.2, 0) is 6.54 Å². The van der Waals surface area contributed by atoms with E-state index in [2.05, 4.69) is 21.0 Å². The zero-order chi connectivity index (χ0) is 8.27. The fourth-order valence-electron chi connectivity index (χ4n) is 0.879. The van der Waals surface area contributed by atoms with Crippen LogP contribution in [0.15, 0.2) is 10.7 Å². The third kappa shape index (κ3) is 1.68. The molecule has 0 aliphatic rings. The van der Waals surface area contributed by atoms with Crippen LogP contribution in [-0.4, -0.2) is 16.1 Å². The number of carbonyl (C=O) groups excluding carboxylic acids is 1. The zero-order valence-electron chi connectivity index (χ0n) is 6.25. The third-order valence-corrected chi connectivity index (χ3v) is 1.99. The lowest BCUT2D eigenvalue weighted by Crippen LogP contribution is -2.03. The van der Waals surface area contributed by atoms with Crippen LogP contribution in [0, 0.1) is 0 Å². The maximum Gasteiger partial charge on any atom is 0.169 e. The first-order chi connectivity index (χ1) is 5.29. The monoisotopic (exact) mass is 216 g/mol. The second-order valence-corrected chi connectivity index (χ2v) is 3.07. The van der Waals surface area contributed by atoms with E-state index in [0.717, 1.165) is 23.7 Å². The Balaban J connectivity index is 2.95. The minimum Gasteiger partial charge on any atom is -0.296 e. The fraction of sp³-hybridized carbons (Fsp3) is 0.429. The predicted octanol–water partition coefficient (Wildman–Crippen LogP) is 1.87. The summed E-state index contributed by atoms with van der Waals surface area (Å²) in [6, 6.07) is 0. The molecule has 0 saturated heterocycles. The lowest BCUT2D eigenvalue weighted by molar-refractivity contribution is 0.111. The Bertz CT molecular complexity index is 257. The van der Waals surface area contributed by atoms with Gasteiger partial charge >= 0.3 is 0 Å². The molecule has 0 fully saturated rings. The van der Waals surface area contributed by atoms with E-state index in [9.17, 15) is 4.79 Å². The fourth-order valence-corrected chi connectivity index (χ4v) is 1.27. The topological polar surface area (TPSA) is 34.9 Å². The Morgan fingerprint density at radius 2 is 2.55 bits per heavy atom. The van der Waals surface area contributed by atoms with Crippen molar-refractivity contribution in [3.05, 3.63) is 16.4 Å². The van der Waals surface area contributed by atoms with Crippen LogP contribution in [0.5, 0.6) is 0 Å². The number of halogens is 1. The summed E-state index contributed by atoms with van der Waals surface area (Å²) in [4.78, 5) is 10.5. The smallest absolute Gasteiger partial charge is 0.169 e. The average Bonchev–Trinajstić information content (AvgIpc) is 2.33. The molecule has 3 nitrogen and oxygen atoms in total. The molecule has 4 heteroatoms. The highest BCUT2D eigenvalue weighted by atomic mass is 79.9. The lowest BCUT2D eigenvalue weighted by Gasteiger charge is -1.98. The minimum atomic E-state index is 0.617. The quantitative estimate of drug-likeness (QED) is 0.724. The van der Waals surface area contributed by atoms with Crippen molar-refractivity contribution >= 4 is 22.2 Å². The molecule has 11 heavy (non-hydrogen) atoms. The van der Waals surface area contributed by atoms with E-state index in [4.69, 9.17) is 0 Å². The van der Waals surface area contributed by atoms with E-state index in [0.29, 0.717) is 5.69 Å². The SMILES string of the molecule is CCCn1ncc(Br)c1C=O. The molecule has 1 rings (SSSR count). The van der Waals surface area contributed by atoms with E-state index >= 15 is 0 Å². The summed E-state index contributed by atoms with van der Waals surface area (Å²) < 4.78 is 2.46. The first kappa shape index (κ1) is 8.46. The summed E-state index contributed by atoms with van der Waals surface area (Å²) in [7, 11) is 0.